The van der Waals surface area contributed by atoms with Gasteiger partial charge >= 0.3 is 5.97 Å². The van der Waals surface area contributed by atoms with Crippen molar-refractivity contribution in [2.75, 3.05) is 24.5 Å². The molecule has 0 radical (unpaired) electrons. The van der Waals surface area contributed by atoms with Crippen LogP contribution in [0.3, 0.4) is 0 Å². The van der Waals surface area contributed by atoms with Crippen LogP contribution in [0.5, 0.6) is 0 Å². The molecule has 0 bridgehead atoms. The van der Waals surface area contributed by atoms with Crippen LogP contribution in [0.4, 0.5) is 5.82 Å². The zero-order chi connectivity index (χ0) is 22.9. The molecule has 8 nitrogen and oxygen atoms in total. The highest BCUT2D eigenvalue weighted by molar-refractivity contribution is 8.26. The zero-order valence-corrected chi connectivity index (χ0v) is 19.3. The Morgan fingerprint density at radius 1 is 1.42 bits per heavy atom. The van der Waals surface area contributed by atoms with Gasteiger partial charge in [0.25, 0.3) is 11.5 Å². The van der Waals surface area contributed by atoms with Crippen LogP contribution in [-0.2, 0) is 16.6 Å². The van der Waals surface area contributed by atoms with Crippen LogP contribution >= 0.6 is 24.0 Å². The molecular formula is C21H24N4O4S2. The Labute approximate surface area is 190 Å². The quantitative estimate of drug-likeness (QED) is 0.528. The van der Waals surface area contributed by atoms with E-state index in [9.17, 15) is 19.6 Å². The largest absolute Gasteiger partial charge is 0.481 e. The molecule has 3 heterocycles. The predicted octanol–water partition coefficient (Wildman–Crippen LogP) is 2.48. The third-order valence-corrected chi connectivity index (χ3v) is 7.00. The standard InChI is InChI=1S/C21H24N4O4S2/c1-12-5-4-7-24(11-12)18-14(13(2)15(10-22)19(28)23(18)3)9-16-20(29)25(21(30)31-16)8-6-17(26)27/h9,12H,4-8,11H2,1-3H3,(H,26,27)/b16-9+. The lowest BCUT2D eigenvalue weighted by molar-refractivity contribution is -0.137. The maximum Gasteiger partial charge on any atom is 0.305 e. The Kier molecular flexibility index (Phi) is 6.86. The van der Waals surface area contributed by atoms with E-state index in [1.54, 1.807) is 20.0 Å². The molecule has 164 valence electrons. The third-order valence-electron chi connectivity index (χ3n) is 5.62. The first-order chi connectivity index (χ1) is 14.6. The number of amides is 1. The Balaban J connectivity index is 2.12. The van der Waals surface area contributed by atoms with Gasteiger partial charge in [-0.25, -0.2) is 0 Å². The summed E-state index contributed by atoms with van der Waals surface area (Å²) in [6.07, 6.45) is 3.58. The van der Waals surface area contributed by atoms with Crippen LogP contribution < -0.4 is 10.5 Å². The molecule has 10 heteroatoms. The zero-order valence-electron chi connectivity index (χ0n) is 17.7. The van der Waals surface area contributed by atoms with Gasteiger partial charge in [0.05, 0.1) is 11.3 Å². The highest BCUT2D eigenvalue weighted by atomic mass is 32.2. The van der Waals surface area contributed by atoms with Crippen molar-refractivity contribution >= 4 is 52.1 Å². The first-order valence-corrected chi connectivity index (χ1v) is 11.2. The molecule has 2 aliphatic rings. The van der Waals surface area contributed by atoms with Crippen molar-refractivity contribution in [1.29, 1.82) is 5.26 Å². The summed E-state index contributed by atoms with van der Waals surface area (Å²) in [7, 11) is 1.65. The summed E-state index contributed by atoms with van der Waals surface area (Å²) in [4.78, 5) is 40.4. The number of nitriles is 1. The average molecular weight is 461 g/mol. The molecule has 2 saturated heterocycles. The molecule has 0 saturated carbocycles. The van der Waals surface area contributed by atoms with Crippen LogP contribution in [-0.4, -0.2) is 50.4 Å². The molecule has 0 aliphatic carbocycles. The van der Waals surface area contributed by atoms with Crippen LogP contribution in [0.25, 0.3) is 6.08 Å². The summed E-state index contributed by atoms with van der Waals surface area (Å²) in [6.45, 7) is 5.44. The van der Waals surface area contributed by atoms with E-state index in [1.807, 2.05) is 6.07 Å². The van der Waals surface area contributed by atoms with Crippen molar-refractivity contribution in [3.8, 4) is 6.07 Å². The minimum Gasteiger partial charge on any atom is -0.481 e. The smallest absolute Gasteiger partial charge is 0.305 e. The number of carbonyl (C=O) groups excluding carboxylic acids is 1. The van der Waals surface area contributed by atoms with Crippen LogP contribution in [0, 0.1) is 24.2 Å². The maximum atomic E-state index is 12.9. The number of hydrogen-bond donors (Lipinski definition) is 1. The SMILES string of the molecule is Cc1c(/C=C2/SC(=S)N(CCC(=O)O)C2=O)c(N2CCCC(C)C2)n(C)c(=O)c1C#N. The van der Waals surface area contributed by atoms with Gasteiger partial charge in [-0.2, -0.15) is 5.26 Å². The molecule has 1 N–H and O–H groups in total. The summed E-state index contributed by atoms with van der Waals surface area (Å²) in [5.74, 6) is -0.223. The molecular weight excluding hydrogens is 436 g/mol. The second kappa shape index (κ2) is 9.24. The summed E-state index contributed by atoms with van der Waals surface area (Å²) >= 11 is 6.38. The van der Waals surface area contributed by atoms with Gasteiger partial charge in [0, 0.05) is 32.2 Å². The van der Waals surface area contributed by atoms with Gasteiger partial charge in [0.2, 0.25) is 0 Å². The summed E-state index contributed by atoms with van der Waals surface area (Å²) in [5.41, 5.74) is 0.851. The third kappa shape index (κ3) is 4.52. The van der Waals surface area contributed by atoms with Crippen molar-refractivity contribution in [1.82, 2.24) is 9.47 Å². The molecule has 1 unspecified atom stereocenters. The number of piperidine rings is 1. The van der Waals surface area contributed by atoms with Crippen molar-refractivity contribution < 1.29 is 14.7 Å². The van der Waals surface area contributed by atoms with E-state index in [0.717, 1.165) is 37.7 Å². The van der Waals surface area contributed by atoms with E-state index in [-0.39, 0.29) is 30.0 Å². The van der Waals surface area contributed by atoms with Gasteiger partial charge in [0.1, 0.15) is 21.8 Å². The van der Waals surface area contributed by atoms with Crippen molar-refractivity contribution in [3.63, 3.8) is 0 Å². The molecule has 1 aromatic rings. The Hall–Kier alpha value is -2.64. The summed E-state index contributed by atoms with van der Waals surface area (Å²) in [5, 5.41) is 18.5. The van der Waals surface area contributed by atoms with Crippen molar-refractivity contribution in [2.24, 2.45) is 13.0 Å². The number of aromatic nitrogens is 1. The second-order valence-corrected chi connectivity index (χ2v) is 9.56. The van der Waals surface area contributed by atoms with Gasteiger partial charge in [-0.05, 0) is 37.3 Å². The number of aliphatic carboxylic acids is 1. The number of rotatable bonds is 5. The molecule has 1 atom stereocenters. The molecule has 3 rings (SSSR count). The lowest BCUT2D eigenvalue weighted by atomic mass is 9.98. The first-order valence-electron chi connectivity index (χ1n) is 10.0. The van der Waals surface area contributed by atoms with Crippen molar-refractivity contribution in [3.05, 3.63) is 31.9 Å². The van der Waals surface area contributed by atoms with Crippen LogP contribution in [0.2, 0.25) is 0 Å². The maximum absolute atomic E-state index is 12.9. The van der Waals surface area contributed by atoms with Gasteiger partial charge in [0.15, 0.2) is 0 Å². The number of carboxylic acids is 1. The van der Waals surface area contributed by atoms with Crippen LogP contribution in [0.1, 0.15) is 42.9 Å². The van der Waals surface area contributed by atoms with Gasteiger partial charge in [-0.1, -0.05) is 30.9 Å². The summed E-state index contributed by atoms with van der Waals surface area (Å²) < 4.78 is 1.79. The Morgan fingerprint density at radius 2 is 2.13 bits per heavy atom. The van der Waals surface area contributed by atoms with E-state index in [2.05, 4.69) is 11.8 Å². The number of anilines is 1. The molecule has 1 aromatic heterocycles. The molecule has 31 heavy (non-hydrogen) atoms. The van der Waals surface area contributed by atoms with Crippen LogP contribution in [0.15, 0.2) is 9.70 Å². The average Bonchev–Trinajstić information content (AvgIpc) is 2.97. The number of carboxylic acid groups (broad SMARTS) is 1. The number of carbonyl (C=O) groups is 2. The Morgan fingerprint density at radius 3 is 2.74 bits per heavy atom. The number of thioether (sulfide) groups is 1. The topological polar surface area (TPSA) is 107 Å². The van der Waals surface area contributed by atoms with E-state index in [0.29, 0.717) is 32.1 Å². The number of hydrogen-bond acceptors (Lipinski definition) is 7. The fourth-order valence-electron chi connectivity index (χ4n) is 4.01. The van der Waals surface area contributed by atoms with Gasteiger partial charge in [-0.3, -0.25) is 23.9 Å². The minimum absolute atomic E-state index is 0.00351. The van der Waals surface area contributed by atoms with E-state index < -0.39 is 5.97 Å². The normalized spacial score (nSPS) is 20.5. The second-order valence-electron chi connectivity index (χ2n) is 7.88. The minimum atomic E-state index is -1.01. The highest BCUT2D eigenvalue weighted by Crippen LogP contribution is 2.36. The molecule has 0 aromatic carbocycles. The molecule has 2 aliphatic heterocycles. The Bertz CT molecular complexity index is 1090. The van der Waals surface area contributed by atoms with Gasteiger partial charge in [-0.15, -0.1) is 0 Å². The fourth-order valence-corrected chi connectivity index (χ4v) is 5.30. The van der Waals surface area contributed by atoms with Crippen molar-refractivity contribution in [2.45, 2.75) is 33.1 Å². The molecule has 1 amide bonds. The predicted molar refractivity (Wildman–Crippen MR) is 124 cm³/mol. The lowest BCUT2D eigenvalue weighted by Crippen LogP contribution is -2.39. The fraction of sp³-hybridized carbons (Fsp3) is 0.476. The lowest BCUT2D eigenvalue weighted by Gasteiger charge is -2.35. The van der Waals surface area contributed by atoms with E-state index in [4.69, 9.17) is 17.3 Å². The summed E-state index contributed by atoms with van der Waals surface area (Å²) in [6, 6.07) is 2.00. The van der Waals surface area contributed by atoms with Gasteiger partial charge < -0.3 is 10.0 Å². The number of thiocarbonyl (C=S) groups is 1. The van der Waals surface area contributed by atoms with E-state index >= 15 is 0 Å². The molecule has 0 spiro atoms. The number of nitrogens with zero attached hydrogens (tertiary/aromatic N) is 4. The van der Waals surface area contributed by atoms with E-state index in [1.165, 1.54) is 9.47 Å². The highest BCUT2D eigenvalue weighted by Gasteiger charge is 2.33. The number of pyridine rings is 1. The first kappa shape index (κ1) is 23.0. The molecule has 2 fully saturated rings. The monoisotopic (exact) mass is 460 g/mol.